The summed E-state index contributed by atoms with van der Waals surface area (Å²) in [5, 5.41) is 0. The van der Waals surface area contributed by atoms with Crippen LogP contribution in [0.15, 0.2) is 11.6 Å². The van der Waals surface area contributed by atoms with E-state index in [4.69, 9.17) is 6.42 Å². The van der Waals surface area contributed by atoms with Gasteiger partial charge >= 0.3 is 5.97 Å². The predicted octanol–water partition coefficient (Wildman–Crippen LogP) is 0.398. The van der Waals surface area contributed by atoms with Crippen molar-refractivity contribution in [1.82, 2.24) is 0 Å². The maximum absolute atomic E-state index is 12.2. The zero-order chi connectivity index (χ0) is 6.85. The number of cyclic esters (lactones) is 1. The molecule has 1 aliphatic heterocycles. The van der Waals surface area contributed by atoms with Gasteiger partial charge < -0.3 is 4.74 Å². The Morgan fingerprint density at radius 3 is 2.78 bits per heavy atom. The van der Waals surface area contributed by atoms with E-state index in [1.165, 1.54) is 0 Å². The van der Waals surface area contributed by atoms with Gasteiger partial charge in [-0.15, -0.1) is 6.42 Å². The van der Waals surface area contributed by atoms with Crippen molar-refractivity contribution in [3.05, 3.63) is 11.6 Å². The lowest BCUT2D eigenvalue weighted by atomic mass is 10.3. The topological polar surface area (TPSA) is 26.3 Å². The lowest BCUT2D eigenvalue weighted by molar-refractivity contribution is -0.144. The number of alkyl halides is 1. The van der Waals surface area contributed by atoms with Gasteiger partial charge in [0.2, 0.25) is 0 Å². The molecule has 0 N–H and O–H groups in total. The molecule has 0 spiro atoms. The molecule has 46 valence electrons. The van der Waals surface area contributed by atoms with Crippen LogP contribution in [0, 0.1) is 12.3 Å². The van der Waals surface area contributed by atoms with E-state index in [1.807, 2.05) is 5.92 Å². The summed E-state index contributed by atoms with van der Waals surface area (Å²) >= 11 is 0. The quantitative estimate of drug-likeness (QED) is 0.347. The van der Waals surface area contributed by atoms with Crippen LogP contribution in [0.4, 0.5) is 4.39 Å². The van der Waals surface area contributed by atoms with E-state index in [0.717, 1.165) is 6.08 Å². The normalized spacial score (nSPS) is 24.7. The molecule has 0 aromatic heterocycles. The average Bonchev–Trinajstić information content (AvgIpc) is 2.10. The highest BCUT2D eigenvalue weighted by Crippen LogP contribution is 2.14. The molecule has 0 aromatic rings. The van der Waals surface area contributed by atoms with Crippen LogP contribution in [0.5, 0.6) is 0 Å². The van der Waals surface area contributed by atoms with Gasteiger partial charge in [0.1, 0.15) is 0 Å². The molecule has 0 radical (unpaired) electrons. The van der Waals surface area contributed by atoms with Crippen LogP contribution in [0.25, 0.3) is 0 Å². The molecule has 1 rings (SSSR count). The molecular formula is C6H3FO2. The summed E-state index contributed by atoms with van der Waals surface area (Å²) < 4.78 is 16.2. The van der Waals surface area contributed by atoms with Gasteiger partial charge in [0.05, 0.1) is 5.57 Å². The molecule has 0 fully saturated rings. The first-order valence-electron chi connectivity index (χ1n) is 2.27. The van der Waals surface area contributed by atoms with E-state index < -0.39 is 12.3 Å². The smallest absolute Gasteiger partial charge is 0.334 e. The molecule has 0 bridgehead atoms. The molecule has 0 aliphatic carbocycles. The number of halogens is 1. The van der Waals surface area contributed by atoms with E-state index in [-0.39, 0.29) is 5.57 Å². The Labute approximate surface area is 51.3 Å². The maximum Gasteiger partial charge on any atom is 0.334 e. The van der Waals surface area contributed by atoms with Crippen LogP contribution in [-0.2, 0) is 9.53 Å². The molecule has 1 aliphatic rings. The third-order valence-electron chi connectivity index (χ3n) is 0.904. The highest BCUT2D eigenvalue weighted by Gasteiger charge is 2.23. The van der Waals surface area contributed by atoms with Crippen molar-refractivity contribution in [2.45, 2.75) is 6.36 Å². The SMILES string of the molecule is C#CC1=CC(=O)OC1F. The summed E-state index contributed by atoms with van der Waals surface area (Å²) in [6.07, 6.45) is 4.04. The molecule has 0 saturated carbocycles. The third-order valence-corrected chi connectivity index (χ3v) is 0.904. The number of terminal acetylenes is 1. The minimum atomic E-state index is -1.72. The molecule has 2 nitrogen and oxygen atoms in total. The number of ether oxygens (including phenoxy) is 1. The van der Waals surface area contributed by atoms with Crippen LogP contribution in [0.1, 0.15) is 0 Å². The second kappa shape index (κ2) is 1.90. The van der Waals surface area contributed by atoms with E-state index in [1.54, 1.807) is 0 Å². The van der Waals surface area contributed by atoms with Gasteiger partial charge in [-0.3, -0.25) is 0 Å². The fraction of sp³-hybridized carbons (Fsp3) is 0.167. The third kappa shape index (κ3) is 0.918. The number of carbonyl (C=O) groups excluding carboxylic acids is 1. The number of rotatable bonds is 0. The van der Waals surface area contributed by atoms with E-state index in [0.29, 0.717) is 0 Å². The first-order valence-corrected chi connectivity index (χ1v) is 2.27. The molecule has 0 amide bonds. The van der Waals surface area contributed by atoms with Crippen molar-refractivity contribution in [2.75, 3.05) is 0 Å². The first-order chi connectivity index (χ1) is 4.24. The Morgan fingerprint density at radius 1 is 1.89 bits per heavy atom. The molecule has 1 unspecified atom stereocenters. The first kappa shape index (κ1) is 5.83. The Morgan fingerprint density at radius 2 is 2.56 bits per heavy atom. The Balaban J connectivity index is 2.84. The van der Waals surface area contributed by atoms with Gasteiger partial charge in [0, 0.05) is 6.08 Å². The van der Waals surface area contributed by atoms with Crippen molar-refractivity contribution < 1.29 is 13.9 Å². The molecule has 3 heteroatoms. The van der Waals surface area contributed by atoms with Crippen molar-refractivity contribution in [3.63, 3.8) is 0 Å². The van der Waals surface area contributed by atoms with Crippen LogP contribution >= 0.6 is 0 Å². The average molecular weight is 126 g/mol. The van der Waals surface area contributed by atoms with Gasteiger partial charge in [-0.1, -0.05) is 5.92 Å². The predicted molar refractivity (Wildman–Crippen MR) is 27.9 cm³/mol. The lowest BCUT2D eigenvalue weighted by Crippen LogP contribution is -2.02. The Bertz CT molecular complexity index is 212. The van der Waals surface area contributed by atoms with Crippen molar-refractivity contribution in [2.24, 2.45) is 0 Å². The van der Waals surface area contributed by atoms with E-state index >= 15 is 0 Å². The van der Waals surface area contributed by atoms with Gasteiger partial charge in [-0.2, -0.15) is 4.39 Å². The Hall–Kier alpha value is -1.30. The number of hydrogen-bond acceptors (Lipinski definition) is 2. The van der Waals surface area contributed by atoms with Gasteiger partial charge in [-0.25, -0.2) is 4.79 Å². The zero-order valence-corrected chi connectivity index (χ0v) is 4.43. The molecule has 1 atom stereocenters. The fourth-order valence-electron chi connectivity index (χ4n) is 0.499. The van der Waals surface area contributed by atoms with E-state index in [2.05, 4.69) is 4.74 Å². The van der Waals surface area contributed by atoms with Crippen LogP contribution < -0.4 is 0 Å². The van der Waals surface area contributed by atoms with Crippen LogP contribution in [0.2, 0.25) is 0 Å². The molecular weight excluding hydrogens is 123 g/mol. The minimum Gasteiger partial charge on any atom is -0.423 e. The Kier molecular flexibility index (Phi) is 1.23. The number of carbonyl (C=O) groups is 1. The summed E-state index contributed by atoms with van der Waals surface area (Å²) in [6.45, 7) is 0. The van der Waals surface area contributed by atoms with Crippen molar-refractivity contribution >= 4 is 5.97 Å². The molecule has 9 heavy (non-hydrogen) atoms. The lowest BCUT2D eigenvalue weighted by Gasteiger charge is -1.95. The summed E-state index contributed by atoms with van der Waals surface area (Å²) in [6, 6.07) is 0. The highest BCUT2D eigenvalue weighted by atomic mass is 19.1. The van der Waals surface area contributed by atoms with Gasteiger partial charge in [0.15, 0.2) is 0 Å². The zero-order valence-electron chi connectivity index (χ0n) is 4.43. The van der Waals surface area contributed by atoms with Crippen molar-refractivity contribution in [1.29, 1.82) is 0 Å². The van der Waals surface area contributed by atoms with Crippen molar-refractivity contribution in [3.8, 4) is 12.3 Å². The number of esters is 1. The standard InChI is InChI=1S/C6H3FO2/c1-2-4-3-5(8)9-6(4)7/h1,3,6H. The second-order valence-corrected chi connectivity index (χ2v) is 1.50. The largest absolute Gasteiger partial charge is 0.423 e. The van der Waals surface area contributed by atoms with Gasteiger partial charge in [-0.05, 0) is 0 Å². The second-order valence-electron chi connectivity index (χ2n) is 1.50. The summed E-state index contributed by atoms with van der Waals surface area (Å²) in [4.78, 5) is 10.2. The summed E-state index contributed by atoms with van der Waals surface area (Å²) in [7, 11) is 0. The summed E-state index contributed by atoms with van der Waals surface area (Å²) in [5.74, 6) is 1.27. The maximum atomic E-state index is 12.2. The van der Waals surface area contributed by atoms with Gasteiger partial charge in [0.25, 0.3) is 6.36 Å². The molecule has 1 heterocycles. The van der Waals surface area contributed by atoms with Crippen LogP contribution in [-0.4, -0.2) is 12.3 Å². The highest BCUT2D eigenvalue weighted by molar-refractivity contribution is 5.86. The fourth-order valence-corrected chi connectivity index (χ4v) is 0.499. The van der Waals surface area contributed by atoms with Crippen LogP contribution in [0.3, 0.4) is 0 Å². The van der Waals surface area contributed by atoms with E-state index in [9.17, 15) is 9.18 Å². The monoisotopic (exact) mass is 126 g/mol. The summed E-state index contributed by atoms with van der Waals surface area (Å²) in [5.41, 5.74) is -0.0417. The minimum absolute atomic E-state index is 0.0417. The number of hydrogen-bond donors (Lipinski definition) is 0. The molecule has 0 aromatic carbocycles. The molecule has 0 saturated heterocycles.